The standard InChI is InChI=1S/C10H7Cl2FN2OS/c1-4-14-8-6(17-4)3-2-5(11)7(8)15-10(16)9(12)13/h2-3,9H,1H3,(H,15,16). The molecule has 1 N–H and O–H groups in total. The van der Waals surface area contributed by atoms with Crippen molar-refractivity contribution in [2.75, 3.05) is 5.32 Å². The molecule has 1 atom stereocenters. The molecule has 1 aromatic heterocycles. The van der Waals surface area contributed by atoms with Gasteiger partial charge in [0.1, 0.15) is 5.52 Å². The van der Waals surface area contributed by atoms with Crippen LogP contribution in [0.1, 0.15) is 5.01 Å². The summed E-state index contributed by atoms with van der Waals surface area (Å²) in [4.78, 5) is 15.5. The fourth-order valence-electron chi connectivity index (χ4n) is 1.38. The summed E-state index contributed by atoms with van der Waals surface area (Å²) in [6, 6.07) is 3.42. The van der Waals surface area contributed by atoms with E-state index in [1.165, 1.54) is 11.3 Å². The molecule has 0 fully saturated rings. The number of amides is 1. The van der Waals surface area contributed by atoms with E-state index in [4.69, 9.17) is 23.2 Å². The van der Waals surface area contributed by atoms with Gasteiger partial charge < -0.3 is 5.32 Å². The smallest absolute Gasteiger partial charge is 0.274 e. The zero-order valence-electron chi connectivity index (χ0n) is 8.63. The first-order chi connectivity index (χ1) is 7.99. The van der Waals surface area contributed by atoms with Crippen molar-refractivity contribution in [3.63, 3.8) is 0 Å². The van der Waals surface area contributed by atoms with Gasteiger partial charge in [-0.3, -0.25) is 4.79 Å². The van der Waals surface area contributed by atoms with Crippen molar-refractivity contribution in [3.8, 4) is 0 Å². The molecule has 0 aliphatic rings. The summed E-state index contributed by atoms with van der Waals surface area (Å²) >= 11 is 12.5. The van der Waals surface area contributed by atoms with Crippen molar-refractivity contribution < 1.29 is 9.18 Å². The Morgan fingerprint density at radius 1 is 1.59 bits per heavy atom. The topological polar surface area (TPSA) is 42.0 Å². The van der Waals surface area contributed by atoms with E-state index < -0.39 is 11.5 Å². The normalized spacial score (nSPS) is 12.7. The second-order valence-electron chi connectivity index (χ2n) is 3.29. The van der Waals surface area contributed by atoms with Crippen LogP contribution in [0.5, 0.6) is 0 Å². The van der Waals surface area contributed by atoms with Crippen LogP contribution >= 0.6 is 34.5 Å². The highest BCUT2D eigenvalue weighted by Crippen LogP contribution is 2.33. The minimum absolute atomic E-state index is 0.293. The lowest BCUT2D eigenvalue weighted by Gasteiger charge is -2.07. The van der Waals surface area contributed by atoms with E-state index in [2.05, 4.69) is 10.3 Å². The van der Waals surface area contributed by atoms with Gasteiger partial charge in [0, 0.05) is 0 Å². The highest BCUT2D eigenvalue weighted by molar-refractivity contribution is 7.18. The molecule has 0 bridgehead atoms. The molecule has 0 aliphatic carbocycles. The van der Waals surface area contributed by atoms with Crippen LogP contribution in [-0.4, -0.2) is 16.5 Å². The quantitative estimate of drug-likeness (QED) is 0.857. The monoisotopic (exact) mass is 292 g/mol. The summed E-state index contributed by atoms with van der Waals surface area (Å²) in [6.07, 6.45) is 0. The van der Waals surface area contributed by atoms with Gasteiger partial charge >= 0.3 is 0 Å². The molecule has 0 saturated heterocycles. The van der Waals surface area contributed by atoms with Crippen LogP contribution in [0, 0.1) is 6.92 Å². The van der Waals surface area contributed by atoms with E-state index in [1.807, 2.05) is 6.92 Å². The molecule has 0 saturated carbocycles. The zero-order valence-corrected chi connectivity index (χ0v) is 11.0. The molecule has 17 heavy (non-hydrogen) atoms. The Morgan fingerprint density at radius 3 is 2.94 bits per heavy atom. The molecule has 1 unspecified atom stereocenters. The van der Waals surface area contributed by atoms with Crippen LogP contribution in [0.3, 0.4) is 0 Å². The number of thiazole rings is 1. The number of nitrogens with one attached hydrogen (secondary N) is 1. The van der Waals surface area contributed by atoms with Crippen molar-refractivity contribution in [3.05, 3.63) is 22.2 Å². The number of fused-ring (bicyclic) bond motifs is 1. The molecule has 7 heteroatoms. The van der Waals surface area contributed by atoms with Gasteiger partial charge in [-0.1, -0.05) is 23.2 Å². The first-order valence-electron chi connectivity index (χ1n) is 4.63. The van der Waals surface area contributed by atoms with E-state index in [0.29, 0.717) is 16.2 Å². The number of anilines is 1. The molecular weight excluding hydrogens is 286 g/mol. The zero-order chi connectivity index (χ0) is 12.6. The van der Waals surface area contributed by atoms with Gasteiger partial charge in [-0.2, -0.15) is 0 Å². The summed E-state index contributed by atoms with van der Waals surface area (Å²) in [7, 11) is 0. The Hall–Kier alpha value is -0.910. The molecule has 1 heterocycles. The van der Waals surface area contributed by atoms with Crippen LogP contribution in [0.2, 0.25) is 5.02 Å². The van der Waals surface area contributed by atoms with Gasteiger partial charge in [0.15, 0.2) is 0 Å². The minimum Gasteiger partial charge on any atom is -0.319 e. The van der Waals surface area contributed by atoms with Gasteiger partial charge in [0.2, 0.25) is 0 Å². The van der Waals surface area contributed by atoms with Crippen LogP contribution < -0.4 is 5.32 Å². The van der Waals surface area contributed by atoms with E-state index in [0.717, 1.165) is 9.71 Å². The van der Waals surface area contributed by atoms with E-state index in [9.17, 15) is 9.18 Å². The van der Waals surface area contributed by atoms with Crippen molar-refractivity contribution in [2.24, 2.45) is 0 Å². The minimum atomic E-state index is -2.11. The Balaban J connectivity index is 2.51. The average Bonchev–Trinajstić information content (AvgIpc) is 2.63. The second-order valence-corrected chi connectivity index (χ2v) is 5.32. The van der Waals surface area contributed by atoms with E-state index >= 15 is 0 Å². The molecule has 2 rings (SSSR count). The largest absolute Gasteiger partial charge is 0.319 e. The average molecular weight is 293 g/mol. The van der Waals surface area contributed by atoms with Crippen LogP contribution in [0.4, 0.5) is 10.1 Å². The van der Waals surface area contributed by atoms with Gasteiger partial charge in [-0.25, -0.2) is 9.37 Å². The number of halogens is 3. The van der Waals surface area contributed by atoms with Crippen molar-refractivity contribution >= 4 is 56.3 Å². The van der Waals surface area contributed by atoms with Crippen molar-refractivity contribution in [1.82, 2.24) is 4.98 Å². The molecule has 90 valence electrons. The molecule has 2 aromatic rings. The van der Waals surface area contributed by atoms with Crippen LogP contribution in [0.25, 0.3) is 10.2 Å². The third kappa shape index (κ3) is 2.51. The third-order valence-corrected chi connectivity index (χ3v) is 3.51. The number of aryl methyl sites for hydroxylation is 1. The Kier molecular flexibility index (Phi) is 3.51. The molecule has 1 aromatic carbocycles. The predicted molar refractivity (Wildman–Crippen MR) is 68.7 cm³/mol. The summed E-state index contributed by atoms with van der Waals surface area (Å²) in [6.45, 7) is 1.84. The molecular formula is C10H7Cl2FN2OS. The van der Waals surface area contributed by atoms with Gasteiger partial charge in [0.05, 0.1) is 20.4 Å². The van der Waals surface area contributed by atoms with Crippen LogP contribution in [0.15, 0.2) is 12.1 Å². The number of rotatable bonds is 2. The first kappa shape index (κ1) is 12.5. The maximum Gasteiger partial charge on any atom is 0.274 e. The highest BCUT2D eigenvalue weighted by atomic mass is 35.5. The summed E-state index contributed by atoms with van der Waals surface area (Å²) in [5.74, 6) is -0.952. The number of nitrogens with zero attached hydrogens (tertiary/aromatic N) is 1. The van der Waals surface area contributed by atoms with Gasteiger partial charge in [-0.15, -0.1) is 11.3 Å². The van der Waals surface area contributed by atoms with Crippen molar-refractivity contribution in [2.45, 2.75) is 12.6 Å². The summed E-state index contributed by atoms with van der Waals surface area (Å²) in [5.41, 5.74) is -1.27. The summed E-state index contributed by atoms with van der Waals surface area (Å²) < 4.78 is 13.5. The van der Waals surface area contributed by atoms with Crippen LogP contribution in [-0.2, 0) is 4.79 Å². The third-order valence-electron chi connectivity index (χ3n) is 2.06. The lowest BCUT2D eigenvalue weighted by molar-refractivity contribution is -0.118. The molecule has 3 nitrogen and oxygen atoms in total. The van der Waals surface area contributed by atoms with Crippen molar-refractivity contribution in [1.29, 1.82) is 0 Å². The maximum absolute atomic E-state index is 12.6. The predicted octanol–water partition coefficient (Wildman–Crippen LogP) is 3.73. The van der Waals surface area contributed by atoms with E-state index in [1.54, 1.807) is 12.1 Å². The number of carbonyl (C=O) groups excluding carboxylic acids is 1. The Bertz CT molecular complexity index is 585. The number of hydrogen-bond acceptors (Lipinski definition) is 3. The van der Waals surface area contributed by atoms with E-state index in [-0.39, 0.29) is 0 Å². The Morgan fingerprint density at radius 2 is 2.29 bits per heavy atom. The second kappa shape index (κ2) is 4.76. The fraction of sp³-hybridized carbons (Fsp3) is 0.200. The Labute approximate surface area is 111 Å². The lowest BCUT2D eigenvalue weighted by Crippen LogP contribution is -2.19. The number of carbonyl (C=O) groups is 1. The highest BCUT2D eigenvalue weighted by Gasteiger charge is 2.18. The molecule has 0 radical (unpaired) electrons. The molecule has 0 spiro atoms. The molecule has 0 aliphatic heterocycles. The first-order valence-corrected chi connectivity index (χ1v) is 6.27. The number of aromatic nitrogens is 1. The summed E-state index contributed by atoms with van der Waals surface area (Å²) in [5, 5.41) is 3.47. The van der Waals surface area contributed by atoms with Gasteiger partial charge in [-0.05, 0) is 19.1 Å². The lowest BCUT2D eigenvalue weighted by atomic mass is 10.3. The molecule has 1 amide bonds. The fourth-order valence-corrected chi connectivity index (χ4v) is 2.47. The van der Waals surface area contributed by atoms with Gasteiger partial charge in [0.25, 0.3) is 11.5 Å². The number of hydrogen-bond donors (Lipinski definition) is 1. The maximum atomic E-state index is 12.6. The number of alkyl halides is 2. The SMILES string of the molecule is Cc1nc2c(NC(=O)C(F)Cl)c(Cl)ccc2s1. The number of benzene rings is 1.